The van der Waals surface area contributed by atoms with Crippen molar-refractivity contribution in [1.29, 1.82) is 0 Å². The summed E-state index contributed by atoms with van der Waals surface area (Å²) < 4.78 is 6.06. The van der Waals surface area contributed by atoms with Crippen molar-refractivity contribution in [3.05, 3.63) is 64.7 Å². The summed E-state index contributed by atoms with van der Waals surface area (Å²) >= 11 is 6.23. The molecule has 0 atom stereocenters. The molecule has 1 saturated carbocycles. The Labute approximate surface area is 156 Å². The van der Waals surface area contributed by atoms with E-state index in [1.807, 2.05) is 36.4 Å². The van der Waals surface area contributed by atoms with Gasteiger partial charge in [0.2, 0.25) is 0 Å². The Morgan fingerprint density at radius 2 is 1.48 bits per heavy atom. The van der Waals surface area contributed by atoms with Crippen LogP contribution in [0.1, 0.15) is 56.1 Å². The average molecular weight is 358 g/mol. The van der Waals surface area contributed by atoms with Gasteiger partial charge in [-0.25, -0.2) is 0 Å². The molecular formula is C22H28ClNO. The van der Waals surface area contributed by atoms with Crippen LogP contribution >= 0.6 is 11.6 Å². The summed E-state index contributed by atoms with van der Waals surface area (Å²) in [5.41, 5.74) is 2.24. The van der Waals surface area contributed by atoms with Gasteiger partial charge in [-0.15, -0.1) is 0 Å². The fourth-order valence-electron chi connectivity index (χ4n) is 3.48. The lowest BCUT2D eigenvalue weighted by Crippen LogP contribution is -2.29. The van der Waals surface area contributed by atoms with Gasteiger partial charge >= 0.3 is 0 Å². The quantitative estimate of drug-likeness (QED) is 0.672. The summed E-state index contributed by atoms with van der Waals surface area (Å²) in [6.45, 7) is 1.36. The van der Waals surface area contributed by atoms with E-state index in [0.717, 1.165) is 22.9 Å². The number of hydrogen-bond donors (Lipinski definition) is 1. The van der Waals surface area contributed by atoms with E-state index in [0.29, 0.717) is 12.6 Å². The van der Waals surface area contributed by atoms with Gasteiger partial charge in [0.05, 0.1) is 0 Å². The first-order valence-electron chi connectivity index (χ1n) is 9.50. The Morgan fingerprint density at radius 3 is 2.24 bits per heavy atom. The zero-order chi connectivity index (χ0) is 17.3. The van der Waals surface area contributed by atoms with Crippen LogP contribution in [0.2, 0.25) is 5.02 Å². The van der Waals surface area contributed by atoms with E-state index in [9.17, 15) is 0 Å². The zero-order valence-corrected chi connectivity index (χ0v) is 15.6. The summed E-state index contributed by atoms with van der Waals surface area (Å²) in [6.07, 6.45) is 9.47. The van der Waals surface area contributed by atoms with Crippen LogP contribution in [0.5, 0.6) is 5.75 Å². The minimum Gasteiger partial charge on any atom is -0.489 e. The fraction of sp³-hybridized carbons (Fsp3) is 0.455. The predicted molar refractivity (Wildman–Crippen MR) is 105 cm³/mol. The van der Waals surface area contributed by atoms with Crippen molar-refractivity contribution in [3.8, 4) is 5.75 Å². The molecule has 134 valence electrons. The lowest BCUT2D eigenvalue weighted by Gasteiger charge is -2.22. The Hall–Kier alpha value is -1.51. The van der Waals surface area contributed by atoms with Crippen LogP contribution < -0.4 is 10.1 Å². The molecule has 0 radical (unpaired) electrons. The molecule has 0 aromatic heterocycles. The van der Waals surface area contributed by atoms with Crippen LogP contribution in [0.25, 0.3) is 0 Å². The minimum atomic E-state index is 0.500. The monoisotopic (exact) mass is 357 g/mol. The molecule has 1 N–H and O–H groups in total. The van der Waals surface area contributed by atoms with E-state index in [-0.39, 0.29) is 0 Å². The van der Waals surface area contributed by atoms with Gasteiger partial charge in [0.15, 0.2) is 0 Å². The molecular weight excluding hydrogens is 330 g/mol. The van der Waals surface area contributed by atoms with Crippen LogP contribution in [0, 0.1) is 0 Å². The molecule has 2 aromatic carbocycles. The Morgan fingerprint density at radius 1 is 0.840 bits per heavy atom. The molecule has 0 spiro atoms. The van der Waals surface area contributed by atoms with Crippen molar-refractivity contribution in [3.63, 3.8) is 0 Å². The number of para-hydroxylation sites is 1. The highest BCUT2D eigenvalue weighted by atomic mass is 35.5. The second-order valence-electron chi connectivity index (χ2n) is 6.91. The van der Waals surface area contributed by atoms with E-state index in [4.69, 9.17) is 16.3 Å². The molecule has 0 saturated heterocycles. The predicted octanol–water partition coefficient (Wildman–Crippen LogP) is 6.12. The summed E-state index contributed by atoms with van der Waals surface area (Å²) in [6, 6.07) is 16.8. The van der Waals surface area contributed by atoms with E-state index >= 15 is 0 Å². The standard InChI is InChI=1S/C22H28ClNO/c23-21-14-8-6-11-19(21)17-25-22-15-9-7-10-18(22)16-24-20-12-4-2-1-3-5-13-20/h6-11,14-15,20,24H,1-5,12-13,16-17H2. The smallest absolute Gasteiger partial charge is 0.124 e. The maximum atomic E-state index is 6.23. The van der Waals surface area contributed by atoms with Gasteiger partial charge < -0.3 is 10.1 Å². The molecule has 2 aromatic rings. The zero-order valence-electron chi connectivity index (χ0n) is 14.8. The van der Waals surface area contributed by atoms with Crippen LogP contribution in [0.15, 0.2) is 48.5 Å². The van der Waals surface area contributed by atoms with Crippen LogP contribution in [-0.4, -0.2) is 6.04 Å². The number of benzene rings is 2. The SMILES string of the molecule is Clc1ccccc1COc1ccccc1CNC1CCCCCCC1. The second kappa shape index (κ2) is 9.84. The van der Waals surface area contributed by atoms with Crippen LogP contribution in [0.3, 0.4) is 0 Å². The number of nitrogens with one attached hydrogen (secondary N) is 1. The van der Waals surface area contributed by atoms with E-state index in [2.05, 4.69) is 17.4 Å². The van der Waals surface area contributed by atoms with Crippen LogP contribution in [-0.2, 0) is 13.2 Å². The average Bonchev–Trinajstić information content (AvgIpc) is 2.61. The second-order valence-corrected chi connectivity index (χ2v) is 7.32. The van der Waals surface area contributed by atoms with Gasteiger partial charge in [-0.3, -0.25) is 0 Å². The number of hydrogen-bond acceptors (Lipinski definition) is 2. The summed E-state index contributed by atoms with van der Waals surface area (Å²) in [7, 11) is 0. The highest BCUT2D eigenvalue weighted by Gasteiger charge is 2.12. The molecule has 1 aliphatic carbocycles. The lowest BCUT2D eigenvalue weighted by molar-refractivity contribution is 0.300. The van der Waals surface area contributed by atoms with Crippen molar-refractivity contribution in [1.82, 2.24) is 5.32 Å². The highest BCUT2D eigenvalue weighted by Crippen LogP contribution is 2.23. The fourth-order valence-corrected chi connectivity index (χ4v) is 3.67. The first-order valence-corrected chi connectivity index (χ1v) is 9.88. The van der Waals surface area contributed by atoms with Crippen molar-refractivity contribution in [2.75, 3.05) is 0 Å². The molecule has 0 heterocycles. The molecule has 1 fully saturated rings. The normalized spacial score (nSPS) is 16.2. The van der Waals surface area contributed by atoms with Gasteiger partial charge in [-0.05, 0) is 25.0 Å². The maximum Gasteiger partial charge on any atom is 0.124 e. The minimum absolute atomic E-state index is 0.500. The number of halogens is 1. The van der Waals surface area contributed by atoms with E-state index < -0.39 is 0 Å². The molecule has 0 amide bonds. The molecule has 0 aliphatic heterocycles. The van der Waals surface area contributed by atoms with Gasteiger partial charge in [0, 0.05) is 28.7 Å². The summed E-state index contributed by atoms with van der Waals surface area (Å²) in [5.74, 6) is 0.945. The third-order valence-electron chi connectivity index (χ3n) is 5.00. The van der Waals surface area contributed by atoms with Gasteiger partial charge in [-0.1, -0.05) is 80.1 Å². The van der Waals surface area contributed by atoms with Gasteiger partial charge in [0.25, 0.3) is 0 Å². The van der Waals surface area contributed by atoms with Gasteiger partial charge in [-0.2, -0.15) is 0 Å². The number of rotatable bonds is 6. The maximum absolute atomic E-state index is 6.23. The first kappa shape index (κ1) is 18.3. The van der Waals surface area contributed by atoms with Gasteiger partial charge in [0.1, 0.15) is 12.4 Å². The molecule has 3 rings (SSSR count). The lowest BCUT2D eigenvalue weighted by atomic mass is 9.96. The molecule has 2 nitrogen and oxygen atoms in total. The molecule has 1 aliphatic rings. The van der Waals surface area contributed by atoms with Crippen molar-refractivity contribution < 1.29 is 4.74 Å². The van der Waals surface area contributed by atoms with Crippen molar-refractivity contribution in [2.24, 2.45) is 0 Å². The topological polar surface area (TPSA) is 21.3 Å². The molecule has 3 heteroatoms. The number of ether oxygens (including phenoxy) is 1. The largest absolute Gasteiger partial charge is 0.489 e. The molecule has 25 heavy (non-hydrogen) atoms. The summed E-state index contributed by atoms with van der Waals surface area (Å²) in [4.78, 5) is 0. The Bertz CT molecular complexity index is 650. The van der Waals surface area contributed by atoms with Crippen molar-refractivity contribution >= 4 is 11.6 Å². The Kier molecular flexibility index (Phi) is 7.20. The third kappa shape index (κ3) is 5.76. The molecule has 0 bridgehead atoms. The highest BCUT2D eigenvalue weighted by molar-refractivity contribution is 6.31. The van der Waals surface area contributed by atoms with E-state index in [1.165, 1.54) is 50.5 Å². The summed E-state index contributed by atoms with van der Waals surface area (Å²) in [5, 5.41) is 4.51. The van der Waals surface area contributed by atoms with Crippen LogP contribution in [0.4, 0.5) is 0 Å². The van der Waals surface area contributed by atoms with Crippen molar-refractivity contribution in [2.45, 2.75) is 64.1 Å². The van der Waals surface area contributed by atoms with E-state index in [1.54, 1.807) is 0 Å². The third-order valence-corrected chi connectivity index (χ3v) is 5.37. The first-order chi connectivity index (χ1) is 12.3. The molecule has 0 unspecified atom stereocenters. The Balaban J connectivity index is 1.57.